The summed E-state index contributed by atoms with van der Waals surface area (Å²) in [6.07, 6.45) is -0.256. The Labute approximate surface area is 223 Å². The van der Waals surface area contributed by atoms with Crippen LogP contribution in [0.2, 0.25) is 0 Å². The number of esters is 1. The van der Waals surface area contributed by atoms with Gasteiger partial charge in [0.2, 0.25) is 5.91 Å². The molecule has 0 spiro atoms. The van der Waals surface area contributed by atoms with E-state index in [1.807, 2.05) is 0 Å². The SMILES string of the molecule is CNCC(=O)NCOCC1(C)CCc2c(C)c(F)cc3nc4c(c1c23)Cn1c-4cc2c(c1=O)COC(=O)C2O. The van der Waals surface area contributed by atoms with Crippen LogP contribution >= 0.6 is 0 Å². The van der Waals surface area contributed by atoms with Crippen molar-refractivity contribution >= 4 is 22.8 Å². The monoisotopic (exact) mass is 536 g/mol. The average molecular weight is 537 g/mol. The average Bonchev–Trinajstić information content (AvgIpc) is 3.27. The molecule has 3 N–H and O–H groups in total. The molecular weight excluding hydrogens is 507 g/mol. The van der Waals surface area contributed by atoms with Crippen molar-refractivity contribution in [3.05, 3.63) is 61.7 Å². The molecule has 4 heterocycles. The van der Waals surface area contributed by atoms with Crippen LogP contribution in [0.15, 0.2) is 16.9 Å². The fourth-order valence-corrected chi connectivity index (χ4v) is 6.21. The van der Waals surface area contributed by atoms with Gasteiger partial charge in [-0.2, -0.15) is 0 Å². The summed E-state index contributed by atoms with van der Waals surface area (Å²) < 4.78 is 27.5. The zero-order chi connectivity index (χ0) is 27.6. The van der Waals surface area contributed by atoms with Gasteiger partial charge in [0.15, 0.2) is 6.10 Å². The number of carbonyl (C=O) groups excluding carboxylic acids is 2. The number of ether oxygens (including phenoxy) is 2. The van der Waals surface area contributed by atoms with Gasteiger partial charge in [0.1, 0.15) is 19.2 Å². The molecule has 1 amide bonds. The van der Waals surface area contributed by atoms with E-state index in [9.17, 15) is 19.5 Å². The Kier molecular flexibility index (Phi) is 6.05. The van der Waals surface area contributed by atoms with Crippen LogP contribution in [0.25, 0.3) is 22.3 Å². The number of likely N-dealkylation sites (N-methyl/N-ethyl adjacent to an activating group) is 1. The minimum absolute atomic E-state index is 0.0418. The lowest BCUT2D eigenvalue weighted by molar-refractivity contribution is -0.157. The second-order valence-corrected chi connectivity index (χ2v) is 10.7. The third-order valence-corrected chi connectivity index (χ3v) is 8.23. The molecule has 3 aliphatic rings. The van der Waals surface area contributed by atoms with E-state index in [0.717, 1.165) is 22.1 Å². The first kappa shape index (κ1) is 25.6. The van der Waals surface area contributed by atoms with Gasteiger partial charge in [0, 0.05) is 28.0 Å². The van der Waals surface area contributed by atoms with E-state index in [1.54, 1.807) is 24.6 Å². The molecule has 0 bridgehead atoms. The van der Waals surface area contributed by atoms with Gasteiger partial charge < -0.3 is 29.8 Å². The van der Waals surface area contributed by atoms with Crippen LogP contribution < -0.4 is 16.2 Å². The molecule has 2 atom stereocenters. The summed E-state index contributed by atoms with van der Waals surface area (Å²) in [4.78, 5) is 42.2. The largest absolute Gasteiger partial charge is 0.458 e. The fourth-order valence-electron chi connectivity index (χ4n) is 6.21. The van der Waals surface area contributed by atoms with Crippen LogP contribution in [0.5, 0.6) is 0 Å². The maximum Gasteiger partial charge on any atom is 0.340 e. The van der Waals surface area contributed by atoms with Crippen molar-refractivity contribution < 1.29 is 28.6 Å². The number of fused-ring (bicyclic) bond motifs is 5. The minimum atomic E-state index is -1.56. The molecule has 0 radical (unpaired) electrons. The lowest BCUT2D eigenvalue weighted by Gasteiger charge is -2.37. The zero-order valence-electron chi connectivity index (χ0n) is 21.9. The number of hydrogen-bond acceptors (Lipinski definition) is 8. The van der Waals surface area contributed by atoms with E-state index < -0.39 is 17.5 Å². The van der Waals surface area contributed by atoms with Gasteiger partial charge in [-0.15, -0.1) is 0 Å². The topological polar surface area (TPSA) is 132 Å². The lowest BCUT2D eigenvalue weighted by atomic mass is 9.69. The van der Waals surface area contributed by atoms with Gasteiger partial charge in [0.05, 0.1) is 42.2 Å². The normalized spacial score (nSPS) is 20.8. The number of aromatic nitrogens is 2. The number of aliphatic hydroxyl groups excluding tert-OH is 1. The van der Waals surface area contributed by atoms with E-state index in [2.05, 4.69) is 17.6 Å². The number of hydrogen-bond donors (Lipinski definition) is 3. The zero-order valence-corrected chi connectivity index (χ0v) is 21.9. The van der Waals surface area contributed by atoms with Crippen LogP contribution in [0.1, 0.15) is 52.8 Å². The van der Waals surface area contributed by atoms with Crippen LogP contribution in [-0.4, -0.2) is 53.5 Å². The van der Waals surface area contributed by atoms with Crippen molar-refractivity contribution in [1.82, 2.24) is 20.2 Å². The van der Waals surface area contributed by atoms with Gasteiger partial charge in [-0.05, 0) is 49.6 Å². The van der Waals surface area contributed by atoms with Crippen LogP contribution in [0.4, 0.5) is 4.39 Å². The first-order valence-corrected chi connectivity index (χ1v) is 12.9. The first-order valence-electron chi connectivity index (χ1n) is 12.9. The van der Waals surface area contributed by atoms with Crippen molar-refractivity contribution in [2.24, 2.45) is 0 Å². The molecule has 2 aromatic heterocycles. The van der Waals surface area contributed by atoms with Crippen molar-refractivity contribution in [2.75, 3.05) is 26.9 Å². The summed E-state index contributed by atoms with van der Waals surface area (Å²) in [7, 11) is 1.69. The number of halogens is 1. The summed E-state index contributed by atoms with van der Waals surface area (Å²) in [5.74, 6) is -1.33. The second-order valence-electron chi connectivity index (χ2n) is 10.7. The molecule has 204 valence electrons. The predicted molar refractivity (Wildman–Crippen MR) is 139 cm³/mol. The Bertz CT molecular complexity index is 1630. The second kappa shape index (κ2) is 9.22. The third kappa shape index (κ3) is 3.87. The molecule has 39 heavy (non-hydrogen) atoms. The molecule has 10 nitrogen and oxygen atoms in total. The van der Waals surface area contributed by atoms with Gasteiger partial charge in [-0.3, -0.25) is 9.59 Å². The first-order chi connectivity index (χ1) is 18.6. The quantitative estimate of drug-likeness (QED) is 0.192. The number of aliphatic hydroxyl groups is 1. The molecule has 2 aliphatic heterocycles. The molecule has 0 fully saturated rings. The number of cyclic esters (lactones) is 1. The highest BCUT2D eigenvalue weighted by Gasteiger charge is 2.41. The smallest absolute Gasteiger partial charge is 0.340 e. The van der Waals surface area contributed by atoms with Gasteiger partial charge in [-0.25, -0.2) is 14.2 Å². The Morgan fingerprint density at radius 3 is 2.87 bits per heavy atom. The molecule has 1 aromatic carbocycles. The van der Waals surface area contributed by atoms with Crippen molar-refractivity contribution in [3.8, 4) is 11.4 Å². The summed E-state index contributed by atoms with van der Waals surface area (Å²) in [6, 6.07) is 3.05. The molecular formula is C28H29FN4O6. The maximum absolute atomic E-state index is 15.0. The third-order valence-electron chi connectivity index (χ3n) is 8.23. The van der Waals surface area contributed by atoms with E-state index in [-0.39, 0.29) is 61.4 Å². The predicted octanol–water partition coefficient (Wildman–Crippen LogP) is 1.48. The van der Waals surface area contributed by atoms with Crippen molar-refractivity contribution in [2.45, 2.75) is 51.4 Å². The molecule has 0 saturated heterocycles. The van der Waals surface area contributed by atoms with Gasteiger partial charge in [-0.1, -0.05) is 6.92 Å². The number of aryl methyl sites for hydroxylation is 1. The number of nitrogens with zero attached hydrogens (tertiary/aromatic N) is 2. The maximum atomic E-state index is 15.0. The van der Waals surface area contributed by atoms with Gasteiger partial charge in [0.25, 0.3) is 5.56 Å². The molecule has 6 rings (SSSR count). The number of carbonyl (C=O) groups is 2. The number of nitrogens with one attached hydrogen (secondary N) is 2. The summed E-state index contributed by atoms with van der Waals surface area (Å²) in [5.41, 5.74) is 4.31. The lowest BCUT2D eigenvalue weighted by Crippen LogP contribution is -2.38. The summed E-state index contributed by atoms with van der Waals surface area (Å²) in [5, 5.41) is 16.8. The van der Waals surface area contributed by atoms with Crippen molar-refractivity contribution in [3.63, 3.8) is 0 Å². The van der Waals surface area contributed by atoms with Crippen LogP contribution in [-0.2, 0) is 44.1 Å². The molecule has 1 aliphatic carbocycles. The number of pyridine rings is 2. The standard InChI is InChI=1S/C28H29FN4O6/c1-13-14-4-5-28(2,11-38-12-31-21(34)8-30-3)23-16-9-33-20(24(16)32-19(22(14)23)7-18(13)29)6-15-17(26(33)36)10-39-27(37)25(15)35/h6-7,25,30,35H,4-5,8-12H2,1-3H3,(H,31,34). The number of rotatable bonds is 6. The van der Waals surface area contributed by atoms with Crippen molar-refractivity contribution in [1.29, 1.82) is 0 Å². The van der Waals surface area contributed by atoms with E-state index in [4.69, 9.17) is 14.5 Å². The number of benzene rings is 1. The van der Waals surface area contributed by atoms with Crippen LogP contribution in [0.3, 0.4) is 0 Å². The summed E-state index contributed by atoms with van der Waals surface area (Å²) in [6.45, 7) is 4.39. The Morgan fingerprint density at radius 2 is 2.10 bits per heavy atom. The molecule has 2 unspecified atom stereocenters. The highest BCUT2D eigenvalue weighted by molar-refractivity contribution is 5.93. The van der Waals surface area contributed by atoms with E-state index in [1.165, 1.54) is 6.07 Å². The number of amides is 1. The van der Waals surface area contributed by atoms with E-state index in [0.29, 0.717) is 35.3 Å². The Hall–Kier alpha value is -3.67. The highest BCUT2D eigenvalue weighted by atomic mass is 19.1. The van der Waals surface area contributed by atoms with Gasteiger partial charge >= 0.3 is 5.97 Å². The fraction of sp³-hybridized carbons (Fsp3) is 0.429. The summed E-state index contributed by atoms with van der Waals surface area (Å²) >= 11 is 0. The van der Waals surface area contributed by atoms with Crippen LogP contribution in [0, 0.1) is 12.7 Å². The molecule has 3 aromatic rings. The Balaban J connectivity index is 1.50. The Morgan fingerprint density at radius 1 is 1.31 bits per heavy atom. The molecule has 11 heteroatoms. The van der Waals surface area contributed by atoms with E-state index >= 15 is 4.39 Å². The molecule has 0 saturated carbocycles. The highest BCUT2D eigenvalue weighted by Crippen LogP contribution is 2.48. The minimum Gasteiger partial charge on any atom is -0.458 e.